The van der Waals surface area contributed by atoms with Crippen LogP contribution in [0.25, 0.3) is 0 Å². The van der Waals surface area contributed by atoms with Gasteiger partial charge in [0.05, 0.1) is 6.61 Å². The van der Waals surface area contributed by atoms with Crippen LogP contribution in [0.2, 0.25) is 0 Å². The van der Waals surface area contributed by atoms with Crippen molar-refractivity contribution in [2.75, 3.05) is 0 Å². The highest BCUT2D eigenvalue weighted by atomic mass is 16.4. The predicted molar refractivity (Wildman–Crippen MR) is 56.3 cm³/mol. The van der Waals surface area contributed by atoms with Crippen LogP contribution in [0.1, 0.15) is 18.1 Å². The molecule has 15 heavy (non-hydrogen) atoms. The Kier molecular flexibility index (Phi) is 4.27. The van der Waals surface area contributed by atoms with E-state index in [9.17, 15) is 4.79 Å². The van der Waals surface area contributed by atoms with Crippen LogP contribution in [0.5, 0.6) is 0 Å². The third-order valence-corrected chi connectivity index (χ3v) is 2.16. The summed E-state index contributed by atoms with van der Waals surface area (Å²) in [5, 5.41) is 20.4. The number of carbonyl (C=O) groups is 1. The molecule has 82 valence electrons. The van der Waals surface area contributed by atoms with Gasteiger partial charge < -0.3 is 15.5 Å². The van der Waals surface area contributed by atoms with E-state index in [1.807, 2.05) is 24.3 Å². The van der Waals surface area contributed by atoms with Crippen molar-refractivity contribution in [3.05, 3.63) is 35.4 Å². The molecule has 0 heterocycles. The van der Waals surface area contributed by atoms with E-state index in [1.165, 1.54) is 0 Å². The molecule has 0 saturated carbocycles. The fourth-order valence-corrected chi connectivity index (χ4v) is 1.20. The zero-order chi connectivity index (χ0) is 11.3. The van der Waals surface area contributed by atoms with Crippen LogP contribution >= 0.6 is 0 Å². The summed E-state index contributed by atoms with van der Waals surface area (Å²) in [7, 11) is 0. The van der Waals surface area contributed by atoms with Crippen LogP contribution in [-0.4, -0.2) is 22.2 Å². The lowest BCUT2D eigenvalue weighted by Crippen LogP contribution is -2.33. The number of carboxylic acid groups (broad SMARTS) is 1. The van der Waals surface area contributed by atoms with E-state index in [1.54, 1.807) is 6.92 Å². The van der Waals surface area contributed by atoms with E-state index in [-0.39, 0.29) is 6.61 Å². The number of aliphatic carboxylic acids is 1. The molecule has 0 amide bonds. The van der Waals surface area contributed by atoms with Crippen LogP contribution in [-0.2, 0) is 17.9 Å². The molecule has 4 heteroatoms. The number of hydrogen-bond donors (Lipinski definition) is 3. The zero-order valence-electron chi connectivity index (χ0n) is 8.60. The fourth-order valence-electron chi connectivity index (χ4n) is 1.20. The zero-order valence-corrected chi connectivity index (χ0v) is 8.60. The monoisotopic (exact) mass is 209 g/mol. The number of rotatable bonds is 5. The molecule has 1 unspecified atom stereocenters. The summed E-state index contributed by atoms with van der Waals surface area (Å²) >= 11 is 0. The fraction of sp³-hybridized carbons (Fsp3) is 0.364. The summed E-state index contributed by atoms with van der Waals surface area (Å²) in [6.45, 7) is 2.09. The first-order valence-electron chi connectivity index (χ1n) is 4.78. The Morgan fingerprint density at radius 3 is 2.73 bits per heavy atom. The second-order valence-corrected chi connectivity index (χ2v) is 3.42. The van der Waals surface area contributed by atoms with E-state index in [0.29, 0.717) is 6.54 Å². The summed E-state index contributed by atoms with van der Waals surface area (Å²) < 4.78 is 0. The van der Waals surface area contributed by atoms with Crippen molar-refractivity contribution in [3.8, 4) is 0 Å². The van der Waals surface area contributed by atoms with Crippen molar-refractivity contribution < 1.29 is 15.0 Å². The molecule has 1 aromatic carbocycles. The number of hydrogen-bond acceptors (Lipinski definition) is 3. The summed E-state index contributed by atoms with van der Waals surface area (Å²) in [4.78, 5) is 10.5. The van der Waals surface area contributed by atoms with Crippen molar-refractivity contribution in [2.45, 2.75) is 26.1 Å². The lowest BCUT2D eigenvalue weighted by atomic mass is 10.1. The van der Waals surface area contributed by atoms with E-state index in [4.69, 9.17) is 10.2 Å². The van der Waals surface area contributed by atoms with Gasteiger partial charge >= 0.3 is 5.97 Å². The second kappa shape index (κ2) is 5.48. The third kappa shape index (κ3) is 3.69. The van der Waals surface area contributed by atoms with Crippen molar-refractivity contribution in [1.29, 1.82) is 0 Å². The minimum Gasteiger partial charge on any atom is -0.480 e. The minimum atomic E-state index is -0.867. The van der Waals surface area contributed by atoms with Gasteiger partial charge in [0.2, 0.25) is 0 Å². The minimum absolute atomic E-state index is 0.00231. The Balaban J connectivity index is 2.53. The number of benzene rings is 1. The maximum absolute atomic E-state index is 10.5. The van der Waals surface area contributed by atoms with Crippen molar-refractivity contribution >= 4 is 5.97 Å². The van der Waals surface area contributed by atoms with Gasteiger partial charge in [-0.25, -0.2) is 0 Å². The van der Waals surface area contributed by atoms with Crippen molar-refractivity contribution in [1.82, 2.24) is 5.32 Å². The van der Waals surface area contributed by atoms with Crippen LogP contribution < -0.4 is 5.32 Å². The molecule has 1 aromatic rings. The maximum Gasteiger partial charge on any atom is 0.320 e. The van der Waals surface area contributed by atoms with Crippen LogP contribution in [0.4, 0.5) is 0 Å². The summed E-state index contributed by atoms with van der Waals surface area (Å²) in [5.41, 5.74) is 1.80. The van der Waals surface area contributed by atoms with E-state index in [0.717, 1.165) is 11.1 Å². The molecule has 0 spiro atoms. The number of carboxylic acids is 1. The summed E-state index contributed by atoms with van der Waals surface area (Å²) in [6, 6.07) is 6.84. The molecular formula is C11H15NO3. The molecule has 0 aromatic heterocycles. The first-order chi connectivity index (χ1) is 7.13. The molecule has 3 N–H and O–H groups in total. The number of aliphatic hydroxyl groups is 1. The highest BCUT2D eigenvalue weighted by Crippen LogP contribution is 2.05. The first-order valence-corrected chi connectivity index (χ1v) is 4.78. The van der Waals surface area contributed by atoms with Crippen LogP contribution in [0.3, 0.4) is 0 Å². The molecule has 1 rings (SSSR count). The largest absolute Gasteiger partial charge is 0.480 e. The lowest BCUT2D eigenvalue weighted by molar-refractivity contribution is -0.139. The first kappa shape index (κ1) is 11.7. The average molecular weight is 209 g/mol. The van der Waals surface area contributed by atoms with Gasteiger partial charge in [0.1, 0.15) is 6.04 Å². The van der Waals surface area contributed by atoms with Crippen molar-refractivity contribution in [3.63, 3.8) is 0 Å². The lowest BCUT2D eigenvalue weighted by Gasteiger charge is -2.09. The number of nitrogens with one attached hydrogen (secondary N) is 1. The van der Waals surface area contributed by atoms with Gasteiger partial charge in [-0.2, -0.15) is 0 Å². The Morgan fingerprint density at radius 1 is 1.47 bits per heavy atom. The van der Waals surface area contributed by atoms with Gasteiger partial charge in [0.25, 0.3) is 0 Å². The molecule has 1 atom stereocenters. The molecule has 0 aliphatic rings. The smallest absolute Gasteiger partial charge is 0.320 e. The maximum atomic E-state index is 10.5. The molecule has 0 fully saturated rings. The normalized spacial score (nSPS) is 12.4. The van der Waals surface area contributed by atoms with Crippen LogP contribution in [0.15, 0.2) is 24.3 Å². The van der Waals surface area contributed by atoms with Gasteiger partial charge in [-0.3, -0.25) is 4.79 Å². The summed E-state index contributed by atoms with van der Waals surface area (Å²) in [5.74, 6) is -0.867. The Bertz CT molecular complexity index is 338. The average Bonchev–Trinajstić information content (AvgIpc) is 2.26. The standard InChI is InChI=1S/C11H15NO3/c1-8(11(14)15)12-6-9-3-2-4-10(5-9)7-13/h2-5,8,12-13H,6-7H2,1H3,(H,14,15). The van der Waals surface area contributed by atoms with Crippen molar-refractivity contribution in [2.24, 2.45) is 0 Å². The SMILES string of the molecule is CC(NCc1cccc(CO)c1)C(=O)O. The highest BCUT2D eigenvalue weighted by Gasteiger charge is 2.08. The topological polar surface area (TPSA) is 69.6 Å². The summed E-state index contributed by atoms with van der Waals surface area (Å²) in [6.07, 6.45) is 0. The molecule has 0 bridgehead atoms. The molecule has 4 nitrogen and oxygen atoms in total. The third-order valence-electron chi connectivity index (χ3n) is 2.16. The molecular weight excluding hydrogens is 194 g/mol. The van der Waals surface area contributed by atoms with Gasteiger partial charge in [0, 0.05) is 6.54 Å². The quantitative estimate of drug-likeness (QED) is 0.669. The van der Waals surface area contributed by atoms with E-state index < -0.39 is 12.0 Å². The molecule has 0 saturated heterocycles. The van der Waals surface area contributed by atoms with Gasteiger partial charge in [-0.05, 0) is 18.1 Å². The molecule has 0 aliphatic carbocycles. The van der Waals surface area contributed by atoms with Gasteiger partial charge in [0.15, 0.2) is 0 Å². The van der Waals surface area contributed by atoms with E-state index >= 15 is 0 Å². The van der Waals surface area contributed by atoms with Gasteiger partial charge in [-0.15, -0.1) is 0 Å². The van der Waals surface area contributed by atoms with Crippen LogP contribution in [0, 0.1) is 0 Å². The number of aliphatic hydroxyl groups excluding tert-OH is 1. The Hall–Kier alpha value is -1.39. The van der Waals surface area contributed by atoms with E-state index in [2.05, 4.69) is 5.32 Å². The Labute approximate surface area is 88.6 Å². The van der Waals surface area contributed by atoms with Gasteiger partial charge in [-0.1, -0.05) is 24.3 Å². The predicted octanol–water partition coefficient (Wildman–Crippen LogP) is 0.742. The second-order valence-electron chi connectivity index (χ2n) is 3.42. The highest BCUT2D eigenvalue weighted by molar-refractivity contribution is 5.72. The molecule has 0 aliphatic heterocycles. The molecule has 0 radical (unpaired) electrons. The Morgan fingerprint density at radius 2 is 2.13 bits per heavy atom.